The van der Waals surface area contributed by atoms with Crippen molar-refractivity contribution in [3.8, 4) is 5.75 Å². The first-order chi connectivity index (χ1) is 15.2. The molecule has 32 heavy (non-hydrogen) atoms. The summed E-state index contributed by atoms with van der Waals surface area (Å²) in [4.78, 5) is 19.8. The molecule has 0 amide bonds. The van der Waals surface area contributed by atoms with Crippen molar-refractivity contribution in [2.45, 2.75) is 18.5 Å². The van der Waals surface area contributed by atoms with Gasteiger partial charge in [0.1, 0.15) is 23.2 Å². The first-order valence-electron chi connectivity index (χ1n) is 9.40. The highest BCUT2D eigenvalue weighted by atomic mass is 19.4. The highest BCUT2D eigenvalue weighted by molar-refractivity contribution is 5.87. The lowest BCUT2D eigenvalue weighted by molar-refractivity contribution is -0.274. The Kier molecular flexibility index (Phi) is 4.57. The molecule has 0 spiro atoms. The summed E-state index contributed by atoms with van der Waals surface area (Å²) in [5, 5.41) is 13.5. The maximum Gasteiger partial charge on any atom is 0.573 e. The normalized spacial score (nSPS) is 15.6. The van der Waals surface area contributed by atoms with Gasteiger partial charge in [0.15, 0.2) is 5.58 Å². The number of ether oxygens (including phenoxy) is 2. The Labute approximate surface area is 177 Å². The zero-order valence-corrected chi connectivity index (χ0v) is 16.2. The topological polar surface area (TPSA) is 112 Å². The van der Waals surface area contributed by atoms with E-state index in [0.717, 1.165) is 12.1 Å². The maximum atomic E-state index is 12.5. The second kappa shape index (κ2) is 7.21. The fraction of sp³-hybridized carbons (Fsp3) is 0.250. The lowest BCUT2D eigenvalue weighted by Gasteiger charge is -2.36. The van der Waals surface area contributed by atoms with Crippen LogP contribution in [-0.4, -0.2) is 51.1 Å². The number of nitrogens with one attached hydrogen (secondary N) is 1. The van der Waals surface area contributed by atoms with Crippen molar-refractivity contribution in [2.24, 2.45) is 0 Å². The number of imidazole rings is 1. The fourth-order valence-corrected chi connectivity index (χ4v) is 3.45. The zero-order chi connectivity index (χ0) is 22.5. The lowest BCUT2D eigenvalue weighted by atomic mass is 10.0. The van der Waals surface area contributed by atoms with Crippen molar-refractivity contribution in [1.29, 1.82) is 0 Å². The van der Waals surface area contributed by atoms with Gasteiger partial charge >= 0.3 is 12.4 Å². The second-order valence-corrected chi connectivity index (χ2v) is 7.43. The Hall–Kier alpha value is -3.64. The SMILES string of the molecule is O=Cc1ccc2c(c1)nc(Nc1nc3ccc(OC(F)(F)F)cc3o1)n2CC1(O)COC1. The van der Waals surface area contributed by atoms with E-state index in [9.17, 15) is 23.1 Å². The van der Waals surface area contributed by atoms with Gasteiger partial charge in [-0.3, -0.25) is 10.1 Å². The molecule has 166 valence electrons. The molecule has 4 aromatic rings. The van der Waals surface area contributed by atoms with E-state index in [4.69, 9.17) is 9.15 Å². The molecule has 3 heterocycles. The number of halogens is 3. The second-order valence-electron chi connectivity index (χ2n) is 7.43. The predicted molar refractivity (Wildman–Crippen MR) is 105 cm³/mol. The third-order valence-corrected chi connectivity index (χ3v) is 4.91. The maximum absolute atomic E-state index is 12.5. The molecule has 5 rings (SSSR count). The van der Waals surface area contributed by atoms with Crippen LogP contribution in [0.2, 0.25) is 0 Å². The summed E-state index contributed by atoms with van der Waals surface area (Å²) in [5.74, 6) is -0.171. The highest BCUT2D eigenvalue weighted by Gasteiger charge is 2.37. The number of carbonyl (C=O) groups excluding carboxylic acids is 1. The van der Waals surface area contributed by atoms with Crippen molar-refractivity contribution in [3.63, 3.8) is 0 Å². The van der Waals surface area contributed by atoms with Gasteiger partial charge in [0.05, 0.1) is 30.8 Å². The third-order valence-electron chi connectivity index (χ3n) is 4.91. The van der Waals surface area contributed by atoms with E-state index < -0.39 is 17.7 Å². The summed E-state index contributed by atoms with van der Waals surface area (Å²) in [7, 11) is 0. The number of aromatic nitrogens is 3. The smallest absolute Gasteiger partial charge is 0.423 e. The van der Waals surface area contributed by atoms with Crippen molar-refractivity contribution >= 4 is 40.4 Å². The van der Waals surface area contributed by atoms with Crippen LogP contribution in [0.25, 0.3) is 22.1 Å². The molecule has 1 fully saturated rings. The molecular weight excluding hydrogens is 433 g/mol. The highest BCUT2D eigenvalue weighted by Crippen LogP contribution is 2.31. The summed E-state index contributed by atoms with van der Waals surface area (Å²) in [5.41, 5.74) is 0.871. The molecule has 0 bridgehead atoms. The largest absolute Gasteiger partial charge is 0.573 e. The molecule has 0 atom stereocenters. The fourth-order valence-electron chi connectivity index (χ4n) is 3.45. The van der Waals surface area contributed by atoms with Crippen LogP contribution in [0.4, 0.5) is 25.1 Å². The number of hydrogen-bond acceptors (Lipinski definition) is 8. The van der Waals surface area contributed by atoms with Crippen LogP contribution in [0.3, 0.4) is 0 Å². The molecule has 0 radical (unpaired) electrons. The van der Waals surface area contributed by atoms with Crippen molar-refractivity contribution in [3.05, 3.63) is 42.0 Å². The van der Waals surface area contributed by atoms with Crippen molar-refractivity contribution < 1.29 is 37.0 Å². The molecule has 2 aromatic heterocycles. The Morgan fingerprint density at radius 3 is 2.69 bits per heavy atom. The molecular formula is C20H15F3N4O5. The van der Waals surface area contributed by atoms with Crippen LogP contribution >= 0.6 is 0 Å². The number of oxazole rings is 1. The minimum Gasteiger partial charge on any atom is -0.423 e. The molecule has 0 aliphatic carbocycles. The van der Waals surface area contributed by atoms with Crippen LogP contribution in [0.1, 0.15) is 10.4 Å². The van der Waals surface area contributed by atoms with Gasteiger partial charge in [-0.15, -0.1) is 13.2 Å². The Morgan fingerprint density at radius 2 is 2.00 bits per heavy atom. The molecule has 9 nitrogen and oxygen atoms in total. The van der Waals surface area contributed by atoms with E-state index >= 15 is 0 Å². The van der Waals surface area contributed by atoms with Crippen LogP contribution in [0.5, 0.6) is 5.75 Å². The molecule has 2 N–H and O–H groups in total. The van der Waals surface area contributed by atoms with Gasteiger partial charge in [-0.25, -0.2) is 4.98 Å². The number of alkyl halides is 3. The number of rotatable bonds is 6. The van der Waals surface area contributed by atoms with Gasteiger partial charge in [-0.1, -0.05) is 0 Å². The van der Waals surface area contributed by atoms with Crippen LogP contribution in [-0.2, 0) is 11.3 Å². The number of hydrogen-bond donors (Lipinski definition) is 2. The Balaban J connectivity index is 1.51. The van der Waals surface area contributed by atoms with E-state index in [0.29, 0.717) is 28.4 Å². The van der Waals surface area contributed by atoms with Gasteiger partial charge in [0.25, 0.3) is 0 Å². The molecule has 2 aromatic carbocycles. The number of aldehydes is 1. The number of anilines is 2. The number of carbonyl (C=O) groups is 1. The van der Waals surface area contributed by atoms with Gasteiger partial charge in [0.2, 0.25) is 5.95 Å². The van der Waals surface area contributed by atoms with Crippen LogP contribution in [0, 0.1) is 0 Å². The van der Waals surface area contributed by atoms with E-state index in [1.807, 2.05) is 0 Å². The minimum atomic E-state index is -4.83. The summed E-state index contributed by atoms with van der Waals surface area (Å²) in [6.45, 7) is 0.461. The Morgan fingerprint density at radius 1 is 1.19 bits per heavy atom. The molecule has 1 saturated heterocycles. The third kappa shape index (κ3) is 3.85. The summed E-state index contributed by atoms with van der Waals surface area (Å²) in [6.07, 6.45) is -4.13. The predicted octanol–water partition coefficient (Wildman–Crippen LogP) is 3.39. The molecule has 1 aliphatic heterocycles. The number of fused-ring (bicyclic) bond motifs is 2. The lowest BCUT2D eigenvalue weighted by Crippen LogP contribution is -2.52. The average molecular weight is 448 g/mol. The first-order valence-corrected chi connectivity index (χ1v) is 9.40. The van der Waals surface area contributed by atoms with Gasteiger partial charge in [-0.2, -0.15) is 4.98 Å². The van der Waals surface area contributed by atoms with Gasteiger partial charge in [-0.05, 0) is 30.3 Å². The van der Waals surface area contributed by atoms with Gasteiger partial charge in [0, 0.05) is 11.6 Å². The monoisotopic (exact) mass is 448 g/mol. The van der Waals surface area contributed by atoms with Crippen molar-refractivity contribution in [1.82, 2.24) is 14.5 Å². The van der Waals surface area contributed by atoms with Gasteiger partial charge < -0.3 is 23.6 Å². The number of benzene rings is 2. The van der Waals surface area contributed by atoms with E-state index in [2.05, 4.69) is 20.0 Å². The first kappa shape index (κ1) is 20.3. The molecule has 0 unspecified atom stereocenters. The average Bonchev–Trinajstić information content (AvgIpc) is 3.25. The number of nitrogens with zero attached hydrogens (tertiary/aromatic N) is 3. The van der Waals surface area contributed by atoms with Crippen LogP contribution < -0.4 is 10.1 Å². The van der Waals surface area contributed by atoms with Crippen LogP contribution in [0.15, 0.2) is 40.8 Å². The molecule has 0 saturated carbocycles. The number of aliphatic hydroxyl groups is 1. The zero-order valence-electron chi connectivity index (χ0n) is 16.2. The molecule has 1 aliphatic rings. The van der Waals surface area contributed by atoms with E-state index in [1.165, 1.54) is 6.07 Å². The summed E-state index contributed by atoms with van der Waals surface area (Å²) < 4.78 is 53.6. The summed E-state index contributed by atoms with van der Waals surface area (Å²) in [6, 6.07) is 8.44. The molecule has 12 heteroatoms. The van der Waals surface area contributed by atoms with E-state index in [1.54, 1.807) is 22.8 Å². The minimum absolute atomic E-state index is 0.0202. The standard InChI is InChI=1S/C20H15F3N4O5/c21-20(22,23)32-12-2-3-13-16(6-12)31-18(25-13)26-17-24-14-5-11(7-28)1-4-15(14)27(17)8-19(29)9-30-10-19/h1-7,29H,8-10H2,(H,24,25,26). The van der Waals surface area contributed by atoms with E-state index in [-0.39, 0.29) is 37.3 Å². The van der Waals surface area contributed by atoms with Crippen molar-refractivity contribution in [2.75, 3.05) is 18.5 Å². The quantitative estimate of drug-likeness (QED) is 0.432. The Bertz CT molecular complexity index is 1330. The summed E-state index contributed by atoms with van der Waals surface area (Å²) >= 11 is 0.